The van der Waals surface area contributed by atoms with Gasteiger partial charge < -0.3 is 10.0 Å². The van der Waals surface area contributed by atoms with Crippen molar-refractivity contribution in [3.8, 4) is 0 Å². The highest BCUT2D eigenvalue weighted by atomic mass is 35.5. The van der Waals surface area contributed by atoms with Crippen LogP contribution >= 0.6 is 11.6 Å². The fourth-order valence-electron chi connectivity index (χ4n) is 2.97. The lowest BCUT2D eigenvalue weighted by molar-refractivity contribution is -0.134. The summed E-state index contributed by atoms with van der Waals surface area (Å²) >= 11 is 5.84. The lowest BCUT2D eigenvalue weighted by Crippen LogP contribution is -2.39. The molecule has 1 N–H and O–H groups in total. The average Bonchev–Trinajstić information content (AvgIpc) is 3.10. The van der Waals surface area contributed by atoms with Crippen LogP contribution in [0.15, 0.2) is 42.7 Å². The minimum absolute atomic E-state index is 0.00800. The Balaban J connectivity index is 1.52. The number of halogens is 1. The van der Waals surface area contributed by atoms with Gasteiger partial charge in [0.1, 0.15) is 0 Å². The van der Waals surface area contributed by atoms with Gasteiger partial charge in [0.05, 0.1) is 18.6 Å². The zero-order valence-electron chi connectivity index (χ0n) is 12.8. The summed E-state index contributed by atoms with van der Waals surface area (Å²) in [4.78, 5) is 14.2. The van der Waals surface area contributed by atoms with E-state index in [0.29, 0.717) is 29.7 Å². The molecule has 122 valence electrons. The van der Waals surface area contributed by atoms with Crippen LogP contribution in [0.2, 0.25) is 5.02 Å². The lowest BCUT2D eigenvalue weighted by atomic mass is 10.0. The normalized spacial score (nSPS) is 17.2. The Morgan fingerprint density at radius 1 is 1.30 bits per heavy atom. The number of likely N-dealkylation sites (tertiary alicyclic amines) is 1. The second-order valence-electron chi connectivity index (χ2n) is 5.87. The third-order valence-electron chi connectivity index (χ3n) is 4.34. The van der Waals surface area contributed by atoms with Crippen LogP contribution in [-0.2, 0) is 4.79 Å². The monoisotopic (exact) mass is 333 g/mol. The van der Waals surface area contributed by atoms with Crippen LogP contribution in [0.25, 0.3) is 0 Å². The minimum Gasteiger partial charge on any atom is -0.388 e. The molecular weight excluding hydrogens is 314 g/mol. The molecule has 1 amide bonds. The number of aliphatic hydroxyl groups excluding tert-OH is 1. The molecule has 1 atom stereocenters. The molecule has 0 spiro atoms. The fraction of sp³-hybridized carbons (Fsp3) is 0.412. The summed E-state index contributed by atoms with van der Waals surface area (Å²) in [7, 11) is 0. The summed E-state index contributed by atoms with van der Waals surface area (Å²) < 4.78 is 1.96. The maximum absolute atomic E-state index is 12.4. The average molecular weight is 334 g/mol. The molecule has 1 aromatic carbocycles. The van der Waals surface area contributed by atoms with Gasteiger partial charge in [0, 0.05) is 30.5 Å². The van der Waals surface area contributed by atoms with Crippen molar-refractivity contribution in [3.05, 3.63) is 53.3 Å². The molecule has 0 bridgehead atoms. The number of nitrogens with zero attached hydrogens (tertiary/aromatic N) is 3. The summed E-state index contributed by atoms with van der Waals surface area (Å²) in [5.41, 5.74) is 0.717. The molecule has 0 aliphatic carbocycles. The van der Waals surface area contributed by atoms with Crippen LogP contribution in [0, 0.1) is 0 Å². The van der Waals surface area contributed by atoms with E-state index >= 15 is 0 Å². The molecule has 2 aromatic rings. The first-order valence-electron chi connectivity index (χ1n) is 7.84. The van der Waals surface area contributed by atoms with Gasteiger partial charge in [0.2, 0.25) is 5.91 Å². The van der Waals surface area contributed by atoms with Crippen molar-refractivity contribution < 1.29 is 9.90 Å². The number of aliphatic hydroxyl groups is 1. The summed E-state index contributed by atoms with van der Waals surface area (Å²) in [6.45, 7) is 1.41. The highest BCUT2D eigenvalue weighted by molar-refractivity contribution is 6.30. The molecule has 3 rings (SSSR count). The van der Waals surface area contributed by atoms with Gasteiger partial charge in [-0.05, 0) is 36.6 Å². The van der Waals surface area contributed by atoms with Gasteiger partial charge in [-0.15, -0.1) is 0 Å². The lowest BCUT2D eigenvalue weighted by Gasteiger charge is -2.32. The number of carbonyl (C=O) groups is 1. The zero-order chi connectivity index (χ0) is 16.2. The van der Waals surface area contributed by atoms with Gasteiger partial charge >= 0.3 is 0 Å². The molecule has 0 radical (unpaired) electrons. The number of amides is 1. The third kappa shape index (κ3) is 3.92. The van der Waals surface area contributed by atoms with Gasteiger partial charge in [-0.25, -0.2) is 0 Å². The molecule has 2 heterocycles. The van der Waals surface area contributed by atoms with Crippen molar-refractivity contribution in [2.24, 2.45) is 0 Å². The van der Waals surface area contributed by atoms with Gasteiger partial charge in [-0.2, -0.15) is 5.10 Å². The Morgan fingerprint density at radius 2 is 2.00 bits per heavy atom. The molecule has 1 unspecified atom stereocenters. The zero-order valence-corrected chi connectivity index (χ0v) is 13.6. The number of carbonyl (C=O) groups excluding carboxylic acids is 1. The van der Waals surface area contributed by atoms with Crippen LogP contribution in [0.5, 0.6) is 0 Å². The van der Waals surface area contributed by atoms with Crippen LogP contribution in [0.3, 0.4) is 0 Å². The van der Waals surface area contributed by atoms with Crippen LogP contribution in [0.4, 0.5) is 0 Å². The molecule has 1 fully saturated rings. The second kappa shape index (κ2) is 7.15. The van der Waals surface area contributed by atoms with Crippen molar-refractivity contribution in [2.75, 3.05) is 13.1 Å². The highest BCUT2D eigenvalue weighted by Gasteiger charge is 2.25. The van der Waals surface area contributed by atoms with E-state index in [-0.39, 0.29) is 12.3 Å². The topological polar surface area (TPSA) is 58.4 Å². The van der Waals surface area contributed by atoms with E-state index in [1.54, 1.807) is 30.5 Å². The van der Waals surface area contributed by atoms with E-state index in [0.717, 1.165) is 12.8 Å². The predicted octanol–water partition coefficient (Wildman–Crippen LogP) is 2.82. The first-order chi connectivity index (χ1) is 11.1. The molecule has 23 heavy (non-hydrogen) atoms. The molecule has 1 aliphatic rings. The number of benzene rings is 1. The van der Waals surface area contributed by atoms with Crippen LogP contribution < -0.4 is 0 Å². The maximum Gasteiger partial charge on any atom is 0.225 e. The van der Waals surface area contributed by atoms with E-state index < -0.39 is 6.10 Å². The highest BCUT2D eigenvalue weighted by Crippen LogP contribution is 2.24. The second-order valence-corrected chi connectivity index (χ2v) is 6.31. The van der Waals surface area contributed by atoms with Crippen molar-refractivity contribution >= 4 is 17.5 Å². The molecule has 0 saturated carbocycles. The Morgan fingerprint density at radius 3 is 2.61 bits per heavy atom. The molecule has 6 heteroatoms. The van der Waals surface area contributed by atoms with Crippen LogP contribution in [0.1, 0.15) is 37.0 Å². The van der Waals surface area contributed by atoms with Crippen LogP contribution in [-0.4, -0.2) is 38.8 Å². The van der Waals surface area contributed by atoms with Crippen molar-refractivity contribution in [1.29, 1.82) is 0 Å². The number of aromatic nitrogens is 2. The standard InChI is InChI=1S/C17H20ClN3O2/c18-14-4-2-13(3-5-14)16(22)12-17(23)20-10-6-15(7-11-20)21-9-1-8-19-21/h1-5,8-9,15-16,22H,6-7,10-12H2. The first-order valence-corrected chi connectivity index (χ1v) is 8.21. The van der Waals surface area contributed by atoms with Crippen molar-refractivity contribution in [1.82, 2.24) is 14.7 Å². The Labute approximate surface area is 140 Å². The molecule has 1 saturated heterocycles. The number of rotatable bonds is 4. The fourth-order valence-corrected chi connectivity index (χ4v) is 3.10. The molecule has 1 aromatic heterocycles. The van der Waals surface area contributed by atoms with Crippen molar-refractivity contribution in [3.63, 3.8) is 0 Å². The smallest absolute Gasteiger partial charge is 0.225 e. The predicted molar refractivity (Wildman–Crippen MR) is 88.1 cm³/mol. The summed E-state index contributed by atoms with van der Waals surface area (Å²) in [5, 5.41) is 15.1. The number of piperidine rings is 1. The Bertz CT molecular complexity index is 634. The van der Waals surface area contributed by atoms with Gasteiger partial charge in [0.25, 0.3) is 0 Å². The van der Waals surface area contributed by atoms with E-state index in [1.165, 1.54) is 0 Å². The maximum atomic E-state index is 12.4. The quantitative estimate of drug-likeness (QED) is 0.936. The third-order valence-corrected chi connectivity index (χ3v) is 4.59. The SMILES string of the molecule is O=C(CC(O)c1ccc(Cl)cc1)N1CCC(n2cccn2)CC1. The summed E-state index contributed by atoms with van der Waals surface area (Å²) in [5.74, 6) is -0.00800. The number of hydrogen-bond acceptors (Lipinski definition) is 3. The largest absolute Gasteiger partial charge is 0.388 e. The Kier molecular flexibility index (Phi) is 4.98. The van der Waals surface area contributed by atoms with Gasteiger partial charge in [-0.1, -0.05) is 23.7 Å². The van der Waals surface area contributed by atoms with E-state index in [9.17, 15) is 9.90 Å². The summed E-state index contributed by atoms with van der Waals surface area (Å²) in [6, 6.07) is 9.23. The van der Waals surface area contributed by atoms with E-state index in [4.69, 9.17) is 11.6 Å². The van der Waals surface area contributed by atoms with E-state index in [1.807, 2.05) is 21.8 Å². The number of hydrogen-bond donors (Lipinski definition) is 1. The van der Waals surface area contributed by atoms with E-state index in [2.05, 4.69) is 5.10 Å². The van der Waals surface area contributed by atoms with Gasteiger partial charge in [-0.3, -0.25) is 9.48 Å². The first kappa shape index (κ1) is 16.0. The minimum atomic E-state index is -0.788. The molecular formula is C17H20ClN3O2. The molecule has 1 aliphatic heterocycles. The van der Waals surface area contributed by atoms with Crippen molar-refractivity contribution in [2.45, 2.75) is 31.4 Å². The Hall–Kier alpha value is -1.85. The van der Waals surface area contributed by atoms with Gasteiger partial charge in [0.15, 0.2) is 0 Å². The molecule has 5 nitrogen and oxygen atoms in total. The summed E-state index contributed by atoms with van der Waals surface area (Å²) in [6.07, 6.45) is 4.85.